The minimum Gasteiger partial charge on any atom is -0.462 e. The molecule has 0 saturated heterocycles. The van der Waals surface area contributed by atoms with Gasteiger partial charge in [-0.3, -0.25) is 4.79 Å². The van der Waals surface area contributed by atoms with Crippen LogP contribution in [0.2, 0.25) is 0 Å². The van der Waals surface area contributed by atoms with Crippen LogP contribution in [0.3, 0.4) is 0 Å². The lowest BCUT2D eigenvalue weighted by Crippen LogP contribution is -2.22. The molecule has 5 nitrogen and oxygen atoms in total. The monoisotopic (exact) mass is 396 g/mol. The van der Waals surface area contributed by atoms with E-state index in [9.17, 15) is 14.9 Å². The van der Waals surface area contributed by atoms with Crippen molar-refractivity contribution >= 4 is 50.3 Å². The minimum atomic E-state index is -0.661. The maximum Gasteiger partial charge on any atom is 0.348 e. The molecule has 0 saturated carbocycles. The third-order valence-electron chi connectivity index (χ3n) is 5.13. The first-order chi connectivity index (χ1) is 14.6. The molecule has 0 fully saturated rings. The van der Waals surface area contributed by atoms with Crippen molar-refractivity contribution in [3.63, 3.8) is 0 Å². The van der Waals surface area contributed by atoms with E-state index in [1.165, 1.54) is 12.3 Å². The first-order valence-corrected chi connectivity index (χ1v) is 9.78. The molecule has 0 heterocycles. The van der Waals surface area contributed by atoms with Crippen LogP contribution < -0.4 is 5.32 Å². The van der Waals surface area contributed by atoms with Crippen molar-refractivity contribution in [2.24, 2.45) is 0 Å². The van der Waals surface area contributed by atoms with Gasteiger partial charge in [0.2, 0.25) is 5.91 Å². The van der Waals surface area contributed by atoms with Gasteiger partial charge in [0.05, 0.1) is 6.61 Å². The van der Waals surface area contributed by atoms with Crippen molar-refractivity contribution in [3.8, 4) is 6.07 Å². The highest BCUT2D eigenvalue weighted by Crippen LogP contribution is 2.36. The quantitative estimate of drug-likeness (QED) is 0.170. The highest BCUT2D eigenvalue weighted by molar-refractivity contribution is 6.24. The van der Waals surface area contributed by atoms with Gasteiger partial charge in [0.25, 0.3) is 0 Å². The van der Waals surface area contributed by atoms with Crippen molar-refractivity contribution in [1.82, 2.24) is 5.32 Å². The fourth-order valence-corrected chi connectivity index (χ4v) is 3.76. The largest absolute Gasteiger partial charge is 0.462 e. The number of ether oxygens (including phenoxy) is 1. The summed E-state index contributed by atoms with van der Waals surface area (Å²) in [6.07, 6.45) is 2.07. The molecule has 0 aromatic heterocycles. The lowest BCUT2D eigenvalue weighted by atomic mass is 9.91. The number of rotatable bonds is 6. The van der Waals surface area contributed by atoms with Gasteiger partial charge in [0, 0.05) is 13.5 Å². The molecule has 0 aliphatic rings. The summed E-state index contributed by atoms with van der Waals surface area (Å²) in [5, 5.41) is 18.9. The molecule has 0 aliphatic carbocycles. The Hall–Kier alpha value is -3.91. The van der Waals surface area contributed by atoms with E-state index < -0.39 is 5.97 Å². The Balaban J connectivity index is 1.66. The number of nitrogens with one attached hydrogen (secondary N) is 1. The van der Waals surface area contributed by atoms with Crippen molar-refractivity contribution in [2.45, 2.75) is 13.3 Å². The third kappa shape index (κ3) is 3.68. The number of carbonyl (C=O) groups excluding carboxylic acids is 2. The van der Waals surface area contributed by atoms with Crippen LogP contribution in [-0.2, 0) is 14.3 Å². The smallest absolute Gasteiger partial charge is 0.348 e. The van der Waals surface area contributed by atoms with Gasteiger partial charge in [-0.1, -0.05) is 54.6 Å². The number of nitrogens with zero attached hydrogens (tertiary/aromatic N) is 1. The Labute approximate surface area is 173 Å². The zero-order valence-corrected chi connectivity index (χ0v) is 16.6. The highest BCUT2D eigenvalue weighted by atomic mass is 16.5. The van der Waals surface area contributed by atoms with Crippen LogP contribution in [0.4, 0.5) is 0 Å². The normalized spacial score (nSPS) is 11.7. The number of hydrogen-bond donors (Lipinski definition) is 1. The van der Waals surface area contributed by atoms with E-state index in [1.54, 1.807) is 6.08 Å². The van der Waals surface area contributed by atoms with Crippen LogP contribution in [0.5, 0.6) is 0 Å². The van der Waals surface area contributed by atoms with E-state index in [-0.39, 0.29) is 18.1 Å². The van der Waals surface area contributed by atoms with Gasteiger partial charge in [-0.15, -0.1) is 0 Å². The molecule has 4 rings (SSSR count). The van der Waals surface area contributed by atoms with E-state index in [2.05, 4.69) is 35.6 Å². The van der Waals surface area contributed by atoms with Gasteiger partial charge in [-0.25, -0.2) is 4.79 Å². The Morgan fingerprint density at radius 2 is 1.67 bits per heavy atom. The van der Waals surface area contributed by atoms with Gasteiger partial charge in [0.15, 0.2) is 0 Å². The second-order valence-corrected chi connectivity index (χ2v) is 7.15. The predicted octanol–water partition coefficient (Wildman–Crippen LogP) is 4.56. The number of nitriles is 1. The van der Waals surface area contributed by atoms with Gasteiger partial charge in [-0.2, -0.15) is 5.26 Å². The molecule has 0 atom stereocenters. The van der Waals surface area contributed by atoms with Crippen molar-refractivity contribution < 1.29 is 14.3 Å². The van der Waals surface area contributed by atoms with Crippen molar-refractivity contribution in [1.29, 1.82) is 5.26 Å². The summed E-state index contributed by atoms with van der Waals surface area (Å²) in [6, 6.07) is 20.4. The molecular formula is C25H20N2O3. The number of benzene rings is 4. The first-order valence-electron chi connectivity index (χ1n) is 9.78. The zero-order valence-electron chi connectivity index (χ0n) is 16.6. The topological polar surface area (TPSA) is 79.2 Å². The van der Waals surface area contributed by atoms with Crippen LogP contribution in [0.25, 0.3) is 38.4 Å². The second-order valence-electron chi connectivity index (χ2n) is 7.15. The summed E-state index contributed by atoms with van der Waals surface area (Å²) in [7, 11) is 0. The van der Waals surface area contributed by atoms with Crippen LogP contribution in [0, 0.1) is 11.3 Å². The Morgan fingerprint density at radius 3 is 2.37 bits per heavy atom. The average molecular weight is 396 g/mol. The minimum absolute atomic E-state index is 0.0513. The fraction of sp³-hybridized carbons (Fsp3) is 0.160. The number of amides is 1. The van der Waals surface area contributed by atoms with Crippen LogP contribution in [-0.4, -0.2) is 25.0 Å². The molecule has 5 heteroatoms. The number of hydrogen-bond acceptors (Lipinski definition) is 4. The number of carbonyl (C=O) groups is 2. The van der Waals surface area contributed by atoms with E-state index in [4.69, 9.17) is 4.74 Å². The summed E-state index contributed by atoms with van der Waals surface area (Å²) < 4.78 is 5.19. The molecular weight excluding hydrogens is 376 g/mol. The zero-order chi connectivity index (χ0) is 21.1. The molecule has 0 aliphatic heterocycles. The number of esters is 1. The fourth-order valence-electron chi connectivity index (χ4n) is 3.76. The standard InChI is InChI=1S/C25H20N2O3/c1-16(28)27-12-3-13-30-25(29)21(15-26)14-20-9-8-19-7-6-17-4-2-5-18-10-11-22(20)24(19)23(17)18/h2,4-11,14H,3,12-13H2,1H3,(H,27,28)/b21-14+. The predicted molar refractivity (Wildman–Crippen MR) is 118 cm³/mol. The molecule has 30 heavy (non-hydrogen) atoms. The summed E-state index contributed by atoms with van der Waals surface area (Å²) >= 11 is 0. The molecule has 0 radical (unpaired) electrons. The molecule has 0 unspecified atom stereocenters. The second kappa shape index (κ2) is 8.22. The molecule has 148 valence electrons. The summed E-state index contributed by atoms with van der Waals surface area (Å²) in [4.78, 5) is 23.2. The van der Waals surface area contributed by atoms with E-state index in [0.29, 0.717) is 13.0 Å². The molecule has 1 amide bonds. The van der Waals surface area contributed by atoms with E-state index in [1.807, 2.05) is 30.3 Å². The van der Waals surface area contributed by atoms with Gasteiger partial charge in [-0.05, 0) is 50.4 Å². The Bertz CT molecular complexity index is 1320. The van der Waals surface area contributed by atoms with Crippen LogP contribution >= 0.6 is 0 Å². The van der Waals surface area contributed by atoms with E-state index in [0.717, 1.165) is 32.5 Å². The molecule has 4 aromatic carbocycles. The molecule has 4 aromatic rings. The van der Waals surface area contributed by atoms with Gasteiger partial charge < -0.3 is 10.1 Å². The summed E-state index contributed by atoms with van der Waals surface area (Å²) in [5.74, 6) is -0.793. The first kappa shape index (κ1) is 19.4. The third-order valence-corrected chi connectivity index (χ3v) is 5.13. The Morgan fingerprint density at radius 1 is 1.00 bits per heavy atom. The lowest BCUT2D eigenvalue weighted by molar-refractivity contribution is -0.138. The SMILES string of the molecule is CC(=O)NCCCOC(=O)/C(C#N)=C/c1ccc2ccc3cccc4ccc1c2c34. The van der Waals surface area contributed by atoms with Gasteiger partial charge >= 0.3 is 5.97 Å². The highest BCUT2D eigenvalue weighted by Gasteiger charge is 2.14. The molecule has 0 spiro atoms. The Kier molecular flexibility index (Phi) is 5.32. The molecule has 1 N–H and O–H groups in total. The average Bonchev–Trinajstić information content (AvgIpc) is 2.75. The van der Waals surface area contributed by atoms with Gasteiger partial charge in [0.1, 0.15) is 11.6 Å². The maximum absolute atomic E-state index is 12.3. The maximum atomic E-state index is 12.3. The van der Waals surface area contributed by atoms with E-state index >= 15 is 0 Å². The van der Waals surface area contributed by atoms with Crippen molar-refractivity contribution in [3.05, 3.63) is 65.7 Å². The molecule has 0 bridgehead atoms. The summed E-state index contributed by atoms with van der Waals surface area (Å²) in [5.41, 5.74) is 0.747. The van der Waals surface area contributed by atoms with Crippen molar-refractivity contribution in [2.75, 3.05) is 13.2 Å². The van der Waals surface area contributed by atoms with Crippen LogP contribution in [0.15, 0.2) is 60.2 Å². The lowest BCUT2D eigenvalue weighted by Gasteiger charge is -2.12. The van der Waals surface area contributed by atoms with Crippen LogP contribution in [0.1, 0.15) is 18.9 Å². The summed E-state index contributed by atoms with van der Waals surface area (Å²) in [6.45, 7) is 1.99.